The zero-order valence-electron chi connectivity index (χ0n) is 7.04. The highest BCUT2D eigenvalue weighted by molar-refractivity contribution is 9.09. The van der Waals surface area contributed by atoms with Crippen LogP contribution in [0.4, 0.5) is 4.39 Å². The number of carbonyl (C=O) groups is 1. The van der Waals surface area contributed by atoms with Gasteiger partial charge < -0.3 is 0 Å². The summed E-state index contributed by atoms with van der Waals surface area (Å²) >= 11 is 2.76. The molecular formula is C10H10BrFO. The Hall–Kier alpha value is -0.700. The van der Waals surface area contributed by atoms with E-state index in [2.05, 4.69) is 15.9 Å². The molecule has 70 valence electrons. The maximum atomic E-state index is 12.3. The summed E-state index contributed by atoms with van der Waals surface area (Å²) in [5.74, 6) is -0.0114. The van der Waals surface area contributed by atoms with E-state index in [1.807, 2.05) is 6.07 Å². The van der Waals surface area contributed by atoms with Crippen LogP contribution in [0, 0.1) is 0 Å². The zero-order valence-corrected chi connectivity index (χ0v) is 8.63. The third kappa shape index (κ3) is 3.68. The van der Waals surface area contributed by atoms with E-state index in [0.717, 1.165) is 0 Å². The molecule has 0 spiro atoms. The highest BCUT2D eigenvalue weighted by Crippen LogP contribution is 2.12. The predicted molar refractivity (Wildman–Crippen MR) is 53.8 cm³/mol. The normalized spacial score (nSPS) is 12.5. The molecule has 0 aliphatic heterocycles. The molecule has 0 aliphatic carbocycles. The van der Waals surface area contributed by atoms with Crippen molar-refractivity contribution in [3.63, 3.8) is 0 Å². The van der Waals surface area contributed by atoms with Crippen LogP contribution in [-0.2, 0) is 0 Å². The third-order valence-corrected chi connectivity index (χ3v) is 2.14. The molecule has 0 aliphatic rings. The van der Waals surface area contributed by atoms with Crippen molar-refractivity contribution in [2.45, 2.75) is 17.9 Å². The number of Topliss-reactive ketones (excluding diaryl/α,β-unsaturated/α-hetero) is 1. The minimum Gasteiger partial charge on any atom is -0.294 e. The van der Waals surface area contributed by atoms with Gasteiger partial charge in [-0.05, 0) is 6.42 Å². The molecule has 1 unspecified atom stereocenters. The van der Waals surface area contributed by atoms with Crippen LogP contribution in [0.1, 0.15) is 23.2 Å². The van der Waals surface area contributed by atoms with Crippen LogP contribution in [0.2, 0.25) is 0 Å². The van der Waals surface area contributed by atoms with Gasteiger partial charge in [-0.25, -0.2) is 4.39 Å². The first-order chi connectivity index (χ1) is 6.20. The number of rotatable bonds is 4. The Balaban J connectivity index is 2.50. The summed E-state index contributed by atoms with van der Waals surface area (Å²) in [6.45, 7) is 0. The number of halogens is 2. The topological polar surface area (TPSA) is 17.1 Å². The van der Waals surface area contributed by atoms with Gasteiger partial charge in [0.05, 0.1) is 0 Å². The molecule has 0 radical (unpaired) electrons. The van der Waals surface area contributed by atoms with Crippen LogP contribution in [0.3, 0.4) is 0 Å². The smallest absolute Gasteiger partial charge is 0.163 e. The monoisotopic (exact) mass is 244 g/mol. The second-order valence-corrected chi connectivity index (χ2v) is 3.71. The summed E-state index contributed by atoms with van der Waals surface area (Å²) < 4.78 is 12.3. The molecule has 0 heterocycles. The summed E-state index contributed by atoms with van der Waals surface area (Å²) in [7, 11) is 0. The molecule has 1 aromatic rings. The number of hydrogen-bond donors (Lipinski definition) is 0. The SMILES string of the molecule is O=C(CCC(F)Br)c1ccccc1. The van der Waals surface area contributed by atoms with Gasteiger partial charge in [0.15, 0.2) is 10.9 Å². The highest BCUT2D eigenvalue weighted by atomic mass is 79.9. The van der Waals surface area contributed by atoms with Gasteiger partial charge in [-0.1, -0.05) is 46.3 Å². The van der Waals surface area contributed by atoms with Crippen LogP contribution in [-0.4, -0.2) is 10.9 Å². The van der Waals surface area contributed by atoms with Crippen LogP contribution in [0.25, 0.3) is 0 Å². The second kappa shape index (κ2) is 5.12. The Labute approximate surface area is 85.1 Å². The number of alkyl halides is 2. The third-order valence-electron chi connectivity index (χ3n) is 1.69. The van der Waals surface area contributed by atoms with E-state index in [9.17, 15) is 9.18 Å². The van der Waals surface area contributed by atoms with Crippen LogP contribution in [0.15, 0.2) is 30.3 Å². The minimum atomic E-state index is -1.08. The molecule has 0 saturated carbocycles. The van der Waals surface area contributed by atoms with E-state index in [-0.39, 0.29) is 18.6 Å². The molecule has 0 bridgehead atoms. The van der Waals surface area contributed by atoms with Crippen LogP contribution < -0.4 is 0 Å². The number of benzene rings is 1. The van der Waals surface area contributed by atoms with Gasteiger partial charge in [0.2, 0.25) is 0 Å². The van der Waals surface area contributed by atoms with E-state index in [1.54, 1.807) is 24.3 Å². The van der Waals surface area contributed by atoms with Gasteiger partial charge in [0.25, 0.3) is 0 Å². The van der Waals surface area contributed by atoms with Crippen molar-refractivity contribution in [1.29, 1.82) is 0 Å². The summed E-state index contributed by atoms with van der Waals surface area (Å²) in [4.78, 5) is 11.4. The number of carbonyl (C=O) groups excluding carboxylic acids is 1. The fourth-order valence-electron chi connectivity index (χ4n) is 1.01. The lowest BCUT2D eigenvalue weighted by Crippen LogP contribution is -2.01. The molecule has 0 N–H and O–H groups in total. The van der Waals surface area contributed by atoms with Crippen molar-refractivity contribution in [3.8, 4) is 0 Å². The molecule has 1 aromatic carbocycles. The van der Waals surface area contributed by atoms with Crippen LogP contribution in [0.5, 0.6) is 0 Å². The molecule has 13 heavy (non-hydrogen) atoms. The van der Waals surface area contributed by atoms with Gasteiger partial charge in [0, 0.05) is 12.0 Å². The van der Waals surface area contributed by atoms with Crippen LogP contribution >= 0.6 is 15.9 Å². The van der Waals surface area contributed by atoms with Gasteiger partial charge in [-0.15, -0.1) is 0 Å². The average molecular weight is 245 g/mol. The van der Waals surface area contributed by atoms with Gasteiger partial charge in [-0.2, -0.15) is 0 Å². The Kier molecular flexibility index (Phi) is 4.09. The molecule has 0 amide bonds. The van der Waals surface area contributed by atoms with Crippen molar-refractivity contribution in [2.24, 2.45) is 0 Å². The molecule has 1 atom stereocenters. The van der Waals surface area contributed by atoms with E-state index in [4.69, 9.17) is 0 Å². The first-order valence-corrected chi connectivity index (χ1v) is 4.98. The molecule has 1 rings (SSSR count). The van der Waals surface area contributed by atoms with E-state index >= 15 is 0 Å². The summed E-state index contributed by atoms with van der Waals surface area (Å²) in [6, 6.07) is 8.93. The minimum absolute atomic E-state index is 0.0114. The standard InChI is InChI=1S/C10H10BrFO/c11-10(12)7-6-9(13)8-4-2-1-3-5-8/h1-5,10H,6-7H2. The fourth-order valence-corrected chi connectivity index (χ4v) is 1.24. The molecule has 0 aromatic heterocycles. The maximum Gasteiger partial charge on any atom is 0.163 e. The van der Waals surface area contributed by atoms with Crippen molar-refractivity contribution < 1.29 is 9.18 Å². The first-order valence-electron chi connectivity index (χ1n) is 4.06. The molecule has 0 saturated heterocycles. The predicted octanol–water partition coefficient (Wildman–Crippen LogP) is 3.34. The Morgan fingerprint density at radius 2 is 2.00 bits per heavy atom. The lowest BCUT2D eigenvalue weighted by Gasteiger charge is -2.00. The molecule has 1 nitrogen and oxygen atoms in total. The highest BCUT2D eigenvalue weighted by Gasteiger charge is 2.07. The Morgan fingerprint density at radius 1 is 1.38 bits per heavy atom. The zero-order chi connectivity index (χ0) is 9.68. The van der Waals surface area contributed by atoms with Gasteiger partial charge >= 0.3 is 0 Å². The maximum absolute atomic E-state index is 12.3. The van der Waals surface area contributed by atoms with Crippen molar-refractivity contribution in [3.05, 3.63) is 35.9 Å². The van der Waals surface area contributed by atoms with Crippen molar-refractivity contribution in [1.82, 2.24) is 0 Å². The molecule has 3 heteroatoms. The Bertz CT molecular complexity index is 272. The second-order valence-electron chi connectivity index (χ2n) is 2.72. The van der Waals surface area contributed by atoms with E-state index in [1.165, 1.54) is 0 Å². The van der Waals surface area contributed by atoms with Crippen molar-refractivity contribution >= 4 is 21.7 Å². The summed E-state index contributed by atoms with van der Waals surface area (Å²) in [6.07, 6.45) is 0.476. The van der Waals surface area contributed by atoms with Crippen molar-refractivity contribution in [2.75, 3.05) is 0 Å². The number of ketones is 1. The number of hydrogen-bond acceptors (Lipinski definition) is 1. The quantitative estimate of drug-likeness (QED) is 0.587. The van der Waals surface area contributed by atoms with E-state index in [0.29, 0.717) is 5.56 Å². The first kappa shape index (κ1) is 10.4. The summed E-state index contributed by atoms with van der Waals surface area (Å²) in [5, 5.41) is -1.08. The molecule has 0 fully saturated rings. The van der Waals surface area contributed by atoms with E-state index < -0.39 is 5.08 Å². The summed E-state index contributed by atoms with van der Waals surface area (Å²) in [5.41, 5.74) is 0.649. The Morgan fingerprint density at radius 3 is 2.54 bits per heavy atom. The lowest BCUT2D eigenvalue weighted by atomic mass is 10.1. The lowest BCUT2D eigenvalue weighted by molar-refractivity contribution is 0.0975. The average Bonchev–Trinajstić information content (AvgIpc) is 2.15. The van der Waals surface area contributed by atoms with Gasteiger partial charge in [0.1, 0.15) is 0 Å². The molecular weight excluding hydrogens is 235 g/mol. The van der Waals surface area contributed by atoms with Gasteiger partial charge in [-0.3, -0.25) is 4.79 Å². The fraction of sp³-hybridized carbons (Fsp3) is 0.300. The largest absolute Gasteiger partial charge is 0.294 e.